The summed E-state index contributed by atoms with van der Waals surface area (Å²) in [5.74, 6) is 4.81. The molecule has 6 heterocycles. The van der Waals surface area contributed by atoms with Gasteiger partial charge < -0.3 is 66.0 Å². The van der Waals surface area contributed by atoms with Crippen LogP contribution in [0.25, 0.3) is 0 Å². The Balaban J connectivity index is 0.000000189. The van der Waals surface area contributed by atoms with Crippen LogP contribution in [0.4, 0.5) is 0 Å². The third kappa shape index (κ3) is 25.9. The van der Waals surface area contributed by atoms with E-state index in [4.69, 9.17) is 0 Å². The minimum atomic E-state index is -0.363. The number of methoxy groups -OCH3 is 1. The number of nitrogens with one attached hydrogen (secondary N) is 6. The monoisotopic (exact) mass is 1400 g/mol. The van der Waals surface area contributed by atoms with Crippen LogP contribution < -0.4 is 31.9 Å². The Hall–Kier alpha value is -5.25. The van der Waals surface area contributed by atoms with Crippen molar-refractivity contribution in [2.45, 2.75) is 275 Å². The van der Waals surface area contributed by atoms with E-state index in [1.807, 2.05) is 40.1 Å². The third-order valence-electron chi connectivity index (χ3n) is 23.1. The lowest BCUT2D eigenvalue weighted by atomic mass is 10.0. The SMILES string of the molecule is CNC1CC(C)CCN(C2C=CC2)C1=O.CNC1CC(C)CCN(C2C=CCC2)C1=O.CNC1CC(C)CCN(C2C=CCCC2)C1=O.CNC1CC(C)CCN(C2C=CCCCC2)C1=O.CNC1CC(C)CCN(C2CC=CCCC2)C1=O.CNC1CC(C)CCN(CC(=O)OC)C1=O. The van der Waals surface area contributed by atoms with Gasteiger partial charge in [-0.2, -0.15) is 0 Å². The van der Waals surface area contributed by atoms with Gasteiger partial charge in [-0.1, -0.05) is 109 Å². The van der Waals surface area contributed by atoms with Crippen LogP contribution in [0, 0.1) is 35.5 Å². The summed E-state index contributed by atoms with van der Waals surface area (Å²) in [5, 5.41) is 18.9. The van der Waals surface area contributed by atoms with Gasteiger partial charge in [0.1, 0.15) is 6.54 Å². The van der Waals surface area contributed by atoms with Crippen LogP contribution in [0.2, 0.25) is 0 Å². The molecule has 17 atom stereocenters. The fourth-order valence-corrected chi connectivity index (χ4v) is 16.2. The van der Waals surface area contributed by atoms with Gasteiger partial charge in [-0.15, -0.1) is 0 Å². The summed E-state index contributed by atoms with van der Waals surface area (Å²) in [6.07, 6.45) is 50.6. The number of esters is 1. The molecule has 0 saturated carbocycles. The predicted octanol–water partition coefficient (Wildman–Crippen LogP) is 9.32. The number of hydrogen-bond donors (Lipinski definition) is 6. The number of rotatable bonds is 13. The molecule has 0 spiro atoms. The molecule has 6 aliphatic heterocycles. The van der Waals surface area contributed by atoms with Gasteiger partial charge in [0.05, 0.1) is 67.5 Å². The van der Waals surface area contributed by atoms with E-state index in [1.54, 1.807) is 11.9 Å². The smallest absolute Gasteiger partial charge is 0.325 e. The van der Waals surface area contributed by atoms with Crippen LogP contribution in [-0.2, 0) is 38.3 Å². The van der Waals surface area contributed by atoms with E-state index in [0.29, 0.717) is 95.9 Å². The zero-order valence-corrected chi connectivity index (χ0v) is 64.4. The van der Waals surface area contributed by atoms with Crippen LogP contribution in [0.3, 0.4) is 0 Å². The molecule has 20 heteroatoms. The minimum absolute atomic E-state index is 0.00255. The molecule has 0 aromatic heterocycles. The lowest BCUT2D eigenvalue weighted by molar-refractivity contribution is -0.147. The zero-order valence-electron chi connectivity index (χ0n) is 64.4. The molecule has 0 radical (unpaired) electrons. The van der Waals surface area contributed by atoms with E-state index in [2.05, 4.69) is 159 Å². The maximum atomic E-state index is 12.6. The molecule has 6 saturated heterocycles. The van der Waals surface area contributed by atoms with E-state index >= 15 is 0 Å². The van der Waals surface area contributed by atoms with E-state index in [9.17, 15) is 33.6 Å². The van der Waals surface area contributed by atoms with Gasteiger partial charge >= 0.3 is 5.97 Å². The molecular formula is C80H138N12O8. The van der Waals surface area contributed by atoms with Gasteiger partial charge in [-0.05, 0) is 238 Å². The first-order valence-corrected chi connectivity index (χ1v) is 39.4. The fourth-order valence-electron chi connectivity index (χ4n) is 16.2. The fraction of sp³-hybridized carbons (Fsp3) is 0.787. The van der Waals surface area contributed by atoms with Crippen molar-refractivity contribution in [3.05, 3.63) is 60.8 Å². The standard InChI is InChI=1S/2C15H26N2O.C14H24N2O.C13H22N2O.C12H20N2O.C11H20N2O3/c2*1-12-9-10-17(15(18)14(11-12)16-2)13-7-5-3-4-6-8-13;1-11-8-9-16(12-6-4-3-5-7-12)14(17)13(10-11)15-2;1-10-7-8-15(11-5-3-4-6-11)13(16)12(9-10)14-2;1-9-6-7-14(10-4-3-5-10)12(15)11(8-9)13-2;1-8-4-5-13(7-10(14)16-3)11(15)9(6-8)12-2/h5,7,12-14,16H,3-4,6,8-11H2,1-2H3;3,5,12-14,16H,4,6-11H2,1-2H3;4,6,11-13,15H,3,5,7-10H2,1-2H3;3,5,10-12,14H,4,6-9H2,1-2H3;3-4,9-11,13H,5-8H2,1-2H3;8-9,12H,4-7H2,1-3H3. The summed E-state index contributed by atoms with van der Waals surface area (Å²) < 4.78 is 4.58. The lowest BCUT2D eigenvalue weighted by Crippen LogP contribution is -2.49. The number of likely N-dealkylation sites (N-methyl/N-ethyl adjacent to an activating group) is 6. The molecule has 566 valence electrons. The highest BCUT2D eigenvalue weighted by Crippen LogP contribution is 2.30. The predicted molar refractivity (Wildman–Crippen MR) is 404 cm³/mol. The van der Waals surface area contributed by atoms with Crippen molar-refractivity contribution in [3.8, 4) is 0 Å². The van der Waals surface area contributed by atoms with Crippen LogP contribution in [-0.4, -0.2) is 232 Å². The molecule has 0 aromatic carbocycles. The summed E-state index contributed by atoms with van der Waals surface area (Å²) in [5.41, 5.74) is 0. The van der Waals surface area contributed by atoms with Crippen molar-refractivity contribution in [2.75, 3.05) is 95.2 Å². The van der Waals surface area contributed by atoms with Gasteiger partial charge in [0.25, 0.3) is 0 Å². The summed E-state index contributed by atoms with van der Waals surface area (Å²) in [4.78, 5) is 97.4. The average Bonchev–Trinajstić information content (AvgIpc) is 1.62. The molecule has 6 amide bonds. The normalized spacial score (nSPS) is 33.6. The molecule has 0 bridgehead atoms. The second kappa shape index (κ2) is 44.4. The third-order valence-corrected chi connectivity index (χ3v) is 23.1. The molecule has 20 nitrogen and oxygen atoms in total. The number of carbonyl (C=O) groups is 7. The first-order valence-electron chi connectivity index (χ1n) is 39.4. The highest BCUT2D eigenvalue weighted by Gasteiger charge is 2.38. The number of carbonyl (C=O) groups excluding carboxylic acids is 7. The van der Waals surface area contributed by atoms with Crippen molar-refractivity contribution in [1.82, 2.24) is 61.3 Å². The topological polar surface area (TPSA) is 220 Å². The first kappa shape index (κ1) is 83.7. The van der Waals surface area contributed by atoms with Gasteiger partial charge in [-0.3, -0.25) is 33.6 Å². The number of amides is 6. The largest absolute Gasteiger partial charge is 0.468 e. The molecule has 11 aliphatic rings. The van der Waals surface area contributed by atoms with E-state index in [0.717, 1.165) is 155 Å². The van der Waals surface area contributed by atoms with Crippen LogP contribution >= 0.6 is 0 Å². The Kier molecular flexibility index (Phi) is 37.2. The lowest BCUT2D eigenvalue weighted by Gasteiger charge is -2.33. The molecule has 100 heavy (non-hydrogen) atoms. The van der Waals surface area contributed by atoms with E-state index in [-0.39, 0.29) is 60.6 Å². The van der Waals surface area contributed by atoms with Crippen molar-refractivity contribution in [2.24, 2.45) is 35.5 Å². The molecule has 0 aromatic rings. The highest BCUT2D eigenvalue weighted by molar-refractivity contribution is 5.87. The van der Waals surface area contributed by atoms with Crippen LogP contribution in [0.15, 0.2) is 60.8 Å². The Morgan fingerprint density at radius 3 is 1.05 bits per heavy atom. The van der Waals surface area contributed by atoms with E-state index < -0.39 is 0 Å². The quantitative estimate of drug-likeness (QED) is 0.0748. The summed E-state index contributed by atoms with van der Waals surface area (Å²) in [7, 11) is 12.6. The minimum Gasteiger partial charge on any atom is -0.468 e. The Morgan fingerprint density at radius 2 is 0.680 bits per heavy atom. The first-order chi connectivity index (χ1) is 48.2. The number of hydrogen-bond acceptors (Lipinski definition) is 14. The summed E-state index contributed by atoms with van der Waals surface area (Å²) >= 11 is 0. The average molecular weight is 1400 g/mol. The van der Waals surface area contributed by atoms with Gasteiger partial charge in [0, 0.05) is 45.3 Å². The maximum Gasteiger partial charge on any atom is 0.325 e. The van der Waals surface area contributed by atoms with Crippen molar-refractivity contribution >= 4 is 41.4 Å². The molecule has 17 unspecified atom stereocenters. The van der Waals surface area contributed by atoms with Crippen molar-refractivity contribution in [3.63, 3.8) is 0 Å². The maximum absolute atomic E-state index is 12.6. The molecule has 6 N–H and O–H groups in total. The zero-order chi connectivity index (χ0) is 72.7. The van der Waals surface area contributed by atoms with Gasteiger partial charge in [0.15, 0.2) is 0 Å². The number of ether oxygens (including phenoxy) is 1. The highest BCUT2D eigenvalue weighted by atomic mass is 16.5. The number of allylic oxidation sites excluding steroid dienone is 4. The molecule has 11 rings (SSSR count). The number of likely N-dealkylation sites (tertiary alicyclic amines) is 6. The van der Waals surface area contributed by atoms with E-state index in [1.165, 1.54) is 52.1 Å². The van der Waals surface area contributed by atoms with Crippen LogP contribution in [0.1, 0.15) is 208 Å². The Bertz CT molecular complexity index is 2670. The van der Waals surface area contributed by atoms with Crippen molar-refractivity contribution < 1.29 is 38.3 Å². The molecule has 5 aliphatic carbocycles. The Morgan fingerprint density at radius 1 is 0.350 bits per heavy atom. The summed E-state index contributed by atoms with van der Waals surface area (Å²) in [6.45, 7) is 18.7. The van der Waals surface area contributed by atoms with Gasteiger partial charge in [0.2, 0.25) is 35.4 Å². The molecular weight excluding hydrogens is 1260 g/mol. The number of nitrogens with zero attached hydrogens (tertiary/aromatic N) is 6. The summed E-state index contributed by atoms with van der Waals surface area (Å²) in [6, 6.07) is 1.75. The second-order valence-corrected chi connectivity index (χ2v) is 31.1. The second-order valence-electron chi connectivity index (χ2n) is 31.1. The van der Waals surface area contributed by atoms with Gasteiger partial charge in [-0.25, -0.2) is 0 Å². The van der Waals surface area contributed by atoms with Crippen LogP contribution in [0.5, 0.6) is 0 Å². The Labute approximate surface area is 604 Å². The van der Waals surface area contributed by atoms with Crippen molar-refractivity contribution in [1.29, 1.82) is 0 Å². The molecule has 6 fully saturated rings.